The molecule has 1 saturated heterocycles. The lowest BCUT2D eigenvalue weighted by molar-refractivity contribution is -0.143. The van der Waals surface area contributed by atoms with Gasteiger partial charge in [0.05, 0.1) is 5.92 Å². The molecule has 0 spiro atoms. The van der Waals surface area contributed by atoms with Crippen LogP contribution in [0.2, 0.25) is 0 Å². The summed E-state index contributed by atoms with van der Waals surface area (Å²) in [6.07, 6.45) is 4.64. The molecule has 0 bridgehead atoms. The summed E-state index contributed by atoms with van der Waals surface area (Å²) in [5.74, 6) is -0.485. The average molecular weight is 319 g/mol. The van der Waals surface area contributed by atoms with Crippen molar-refractivity contribution in [1.82, 2.24) is 15.2 Å². The van der Waals surface area contributed by atoms with Crippen LogP contribution in [0.5, 0.6) is 0 Å². The van der Waals surface area contributed by atoms with Crippen LogP contribution in [0, 0.1) is 11.8 Å². The van der Waals surface area contributed by atoms with Gasteiger partial charge in [-0.25, -0.2) is 4.79 Å². The molecule has 2 amide bonds. The van der Waals surface area contributed by atoms with E-state index in [9.17, 15) is 9.59 Å². The van der Waals surface area contributed by atoms with Crippen LogP contribution in [0.15, 0.2) is 24.5 Å². The summed E-state index contributed by atoms with van der Waals surface area (Å²) in [7, 11) is 0. The third-order valence-electron chi connectivity index (χ3n) is 4.52. The van der Waals surface area contributed by atoms with E-state index in [1.807, 2.05) is 18.3 Å². The van der Waals surface area contributed by atoms with E-state index in [2.05, 4.69) is 24.1 Å². The highest BCUT2D eigenvalue weighted by Crippen LogP contribution is 2.23. The molecule has 1 unspecified atom stereocenters. The molecular weight excluding hydrogens is 294 g/mol. The summed E-state index contributed by atoms with van der Waals surface area (Å²) in [6, 6.07) is 3.83. The Morgan fingerprint density at radius 3 is 2.61 bits per heavy atom. The zero-order valence-corrected chi connectivity index (χ0v) is 13.7. The number of carboxylic acids is 1. The Hall–Kier alpha value is -2.11. The minimum atomic E-state index is -0.762. The molecule has 1 aromatic heterocycles. The molecule has 23 heavy (non-hydrogen) atoms. The number of rotatable bonds is 5. The molecule has 1 aliphatic heterocycles. The molecule has 2 N–H and O–H groups in total. The lowest BCUT2D eigenvalue weighted by Gasteiger charge is -2.31. The summed E-state index contributed by atoms with van der Waals surface area (Å²) in [5, 5.41) is 12.0. The number of pyridine rings is 1. The third-order valence-corrected chi connectivity index (χ3v) is 4.52. The molecule has 2 heterocycles. The molecule has 1 fully saturated rings. The minimum Gasteiger partial charge on any atom is -0.481 e. The van der Waals surface area contributed by atoms with Gasteiger partial charge in [0.25, 0.3) is 0 Å². The van der Waals surface area contributed by atoms with Crippen LogP contribution in [0.25, 0.3) is 0 Å². The molecule has 0 radical (unpaired) electrons. The Bertz CT molecular complexity index is 525. The van der Waals surface area contributed by atoms with E-state index in [0.29, 0.717) is 38.4 Å². The topological polar surface area (TPSA) is 82.5 Å². The fourth-order valence-corrected chi connectivity index (χ4v) is 2.97. The summed E-state index contributed by atoms with van der Waals surface area (Å²) in [4.78, 5) is 29.1. The second-order valence-electron chi connectivity index (χ2n) is 6.42. The summed E-state index contributed by atoms with van der Waals surface area (Å²) in [6.45, 7) is 5.81. The smallest absolute Gasteiger partial charge is 0.317 e. The SMILES string of the molecule is CC(C)C(CNC(=O)N1CCC(C(=O)O)CC1)c1cccnc1. The van der Waals surface area contributed by atoms with Gasteiger partial charge in [-0.3, -0.25) is 9.78 Å². The van der Waals surface area contributed by atoms with Crippen molar-refractivity contribution in [3.8, 4) is 0 Å². The maximum absolute atomic E-state index is 12.3. The van der Waals surface area contributed by atoms with Crippen LogP contribution < -0.4 is 5.32 Å². The van der Waals surface area contributed by atoms with Crippen LogP contribution >= 0.6 is 0 Å². The highest BCUT2D eigenvalue weighted by atomic mass is 16.4. The fourth-order valence-electron chi connectivity index (χ4n) is 2.97. The number of aromatic nitrogens is 1. The van der Waals surface area contributed by atoms with Crippen molar-refractivity contribution in [3.63, 3.8) is 0 Å². The van der Waals surface area contributed by atoms with Crippen LogP contribution in [-0.4, -0.2) is 46.6 Å². The minimum absolute atomic E-state index is 0.108. The maximum atomic E-state index is 12.3. The highest BCUT2D eigenvalue weighted by Gasteiger charge is 2.27. The molecule has 1 aliphatic rings. The van der Waals surface area contributed by atoms with Crippen LogP contribution in [0.3, 0.4) is 0 Å². The van der Waals surface area contributed by atoms with Crippen LogP contribution in [-0.2, 0) is 4.79 Å². The first-order valence-corrected chi connectivity index (χ1v) is 8.14. The number of likely N-dealkylation sites (tertiary alicyclic amines) is 1. The second kappa shape index (κ2) is 7.94. The van der Waals surface area contributed by atoms with Gasteiger partial charge in [0.15, 0.2) is 0 Å². The van der Waals surface area contributed by atoms with Gasteiger partial charge in [-0.2, -0.15) is 0 Å². The van der Waals surface area contributed by atoms with E-state index in [4.69, 9.17) is 5.11 Å². The Kier molecular flexibility index (Phi) is 5.96. The number of carbonyl (C=O) groups is 2. The number of aliphatic carboxylic acids is 1. The highest BCUT2D eigenvalue weighted by molar-refractivity contribution is 5.75. The number of hydrogen-bond donors (Lipinski definition) is 2. The molecule has 0 aliphatic carbocycles. The van der Waals surface area contributed by atoms with Crippen molar-refractivity contribution in [3.05, 3.63) is 30.1 Å². The van der Waals surface area contributed by atoms with Gasteiger partial charge in [-0.15, -0.1) is 0 Å². The van der Waals surface area contributed by atoms with Crippen molar-refractivity contribution >= 4 is 12.0 Å². The lowest BCUT2D eigenvalue weighted by atomic mass is 9.89. The van der Waals surface area contributed by atoms with Crippen LogP contribution in [0.4, 0.5) is 4.79 Å². The van der Waals surface area contributed by atoms with Gasteiger partial charge in [-0.05, 0) is 30.4 Å². The molecule has 0 aromatic carbocycles. The number of nitrogens with zero attached hydrogens (tertiary/aromatic N) is 2. The molecule has 1 aromatic rings. The number of urea groups is 1. The first-order chi connectivity index (χ1) is 11.0. The Balaban J connectivity index is 1.87. The quantitative estimate of drug-likeness (QED) is 0.872. The molecule has 0 saturated carbocycles. The maximum Gasteiger partial charge on any atom is 0.317 e. The van der Waals surface area contributed by atoms with E-state index < -0.39 is 5.97 Å². The molecule has 6 heteroatoms. The predicted molar refractivity (Wildman–Crippen MR) is 87.1 cm³/mol. The third kappa shape index (κ3) is 4.68. The normalized spacial score (nSPS) is 17.1. The Morgan fingerprint density at radius 2 is 2.09 bits per heavy atom. The summed E-state index contributed by atoms with van der Waals surface area (Å²) >= 11 is 0. The van der Waals surface area contributed by atoms with E-state index in [-0.39, 0.29) is 17.9 Å². The average Bonchev–Trinajstić information content (AvgIpc) is 2.55. The van der Waals surface area contributed by atoms with Gasteiger partial charge < -0.3 is 15.3 Å². The molecule has 126 valence electrons. The second-order valence-corrected chi connectivity index (χ2v) is 6.42. The first-order valence-electron chi connectivity index (χ1n) is 8.14. The predicted octanol–water partition coefficient (Wildman–Crippen LogP) is 2.33. The first kappa shape index (κ1) is 17.2. The van der Waals surface area contributed by atoms with Gasteiger partial charge in [0.1, 0.15) is 0 Å². The van der Waals surface area contributed by atoms with Gasteiger partial charge in [-0.1, -0.05) is 19.9 Å². The Morgan fingerprint density at radius 1 is 1.39 bits per heavy atom. The van der Waals surface area contributed by atoms with E-state index in [1.54, 1.807) is 11.1 Å². The molecule has 2 rings (SSSR count). The van der Waals surface area contributed by atoms with Gasteiger partial charge in [0.2, 0.25) is 0 Å². The van der Waals surface area contributed by atoms with Gasteiger partial charge >= 0.3 is 12.0 Å². The van der Waals surface area contributed by atoms with Crippen molar-refractivity contribution in [2.45, 2.75) is 32.6 Å². The van der Waals surface area contributed by atoms with E-state index >= 15 is 0 Å². The number of amides is 2. The summed E-state index contributed by atoms with van der Waals surface area (Å²) < 4.78 is 0. The largest absolute Gasteiger partial charge is 0.481 e. The van der Waals surface area contributed by atoms with Crippen molar-refractivity contribution < 1.29 is 14.7 Å². The zero-order chi connectivity index (χ0) is 16.8. The number of carboxylic acid groups (broad SMARTS) is 1. The monoisotopic (exact) mass is 319 g/mol. The van der Waals surface area contributed by atoms with E-state index in [1.165, 1.54) is 0 Å². The Labute approximate surface area is 136 Å². The number of carbonyl (C=O) groups excluding carboxylic acids is 1. The zero-order valence-electron chi connectivity index (χ0n) is 13.7. The van der Waals surface area contributed by atoms with Crippen molar-refractivity contribution in [1.29, 1.82) is 0 Å². The van der Waals surface area contributed by atoms with Crippen molar-refractivity contribution in [2.75, 3.05) is 19.6 Å². The molecule has 6 nitrogen and oxygen atoms in total. The van der Waals surface area contributed by atoms with Crippen molar-refractivity contribution in [2.24, 2.45) is 11.8 Å². The number of nitrogens with one attached hydrogen (secondary N) is 1. The lowest BCUT2D eigenvalue weighted by Crippen LogP contribution is -2.46. The number of piperidine rings is 1. The van der Waals surface area contributed by atoms with Crippen LogP contribution in [0.1, 0.15) is 38.2 Å². The summed E-state index contributed by atoms with van der Waals surface area (Å²) in [5.41, 5.74) is 1.12. The fraction of sp³-hybridized carbons (Fsp3) is 0.588. The van der Waals surface area contributed by atoms with Gasteiger partial charge in [0, 0.05) is 37.9 Å². The molecule has 1 atom stereocenters. The molecular formula is C17H25N3O3. The standard InChI is InChI=1S/C17H25N3O3/c1-12(2)15(14-4-3-7-18-10-14)11-19-17(23)20-8-5-13(6-9-20)16(21)22/h3-4,7,10,12-13,15H,5-6,8-9,11H2,1-2H3,(H,19,23)(H,21,22). The number of hydrogen-bond acceptors (Lipinski definition) is 3. The van der Waals surface area contributed by atoms with E-state index in [0.717, 1.165) is 5.56 Å².